The molecule has 4 rings (SSSR count). The summed E-state index contributed by atoms with van der Waals surface area (Å²) in [6.45, 7) is 2.43. The van der Waals surface area contributed by atoms with Crippen LogP contribution in [-0.4, -0.2) is 6.61 Å². The summed E-state index contributed by atoms with van der Waals surface area (Å²) in [6, 6.07) is 13.3. The van der Waals surface area contributed by atoms with E-state index in [1.165, 1.54) is 18.2 Å². The fraction of sp³-hybridized carbons (Fsp3) is 0.231. The summed E-state index contributed by atoms with van der Waals surface area (Å²) in [5, 5.41) is 0. The van der Waals surface area contributed by atoms with Gasteiger partial charge in [0.15, 0.2) is 23.3 Å². The van der Waals surface area contributed by atoms with Crippen molar-refractivity contribution in [3.05, 3.63) is 95.6 Å². The van der Waals surface area contributed by atoms with Crippen molar-refractivity contribution in [2.75, 3.05) is 6.61 Å². The van der Waals surface area contributed by atoms with E-state index in [9.17, 15) is 17.6 Å². The van der Waals surface area contributed by atoms with Crippen LogP contribution in [0.2, 0.25) is 0 Å². The van der Waals surface area contributed by atoms with Crippen molar-refractivity contribution in [1.29, 1.82) is 0 Å². The minimum atomic E-state index is -0.944. The van der Waals surface area contributed by atoms with Crippen molar-refractivity contribution < 1.29 is 22.3 Å². The fourth-order valence-electron chi connectivity index (χ4n) is 4.03. The zero-order chi connectivity index (χ0) is 22.0. The van der Waals surface area contributed by atoms with Crippen LogP contribution in [0.1, 0.15) is 31.4 Å². The van der Waals surface area contributed by atoms with Crippen LogP contribution in [-0.2, 0) is 4.74 Å². The third kappa shape index (κ3) is 4.28. The molecule has 1 heterocycles. The van der Waals surface area contributed by atoms with Gasteiger partial charge in [-0.2, -0.15) is 0 Å². The van der Waals surface area contributed by atoms with Crippen molar-refractivity contribution in [1.82, 2.24) is 0 Å². The zero-order valence-electron chi connectivity index (χ0n) is 17.0. The first-order valence-electron chi connectivity index (χ1n) is 10.3. The molecule has 1 nitrogen and oxygen atoms in total. The van der Waals surface area contributed by atoms with E-state index in [-0.39, 0.29) is 16.7 Å². The fourth-order valence-corrected chi connectivity index (χ4v) is 4.03. The lowest BCUT2D eigenvalue weighted by Gasteiger charge is -2.28. The molecule has 5 heteroatoms. The highest BCUT2D eigenvalue weighted by Gasteiger charge is 2.26. The first-order chi connectivity index (χ1) is 15.0. The molecule has 0 spiro atoms. The SMILES string of the molecule is C/C=C/C1CCC(c2ccc(-c3ccc(-c4cccc(F)c4F)cc3)c(F)c2F)OC1. The number of ether oxygens (including phenoxy) is 1. The van der Waals surface area contributed by atoms with E-state index in [4.69, 9.17) is 4.74 Å². The highest BCUT2D eigenvalue weighted by atomic mass is 19.2. The minimum absolute atomic E-state index is 0.107. The van der Waals surface area contributed by atoms with Crippen molar-refractivity contribution in [2.45, 2.75) is 25.9 Å². The van der Waals surface area contributed by atoms with Crippen LogP contribution in [0.15, 0.2) is 66.7 Å². The number of halogens is 4. The molecule has 0 saturated carbocycles. The van der Waals surface area contributed by atoms with Gasteiger partial charge in [0, 0.05) is 22.6 Å². The van der Waals surface area contributed by atoms with Crippen LogP contribution in [0.4, 0.5) is 17.6 Å². The molecule has 0 aliphatic carbocycles. The second kappa shape index (κ2) is 9.06. The summed E-state index contributed by atoms with van der Waals surface area (Å²) in [7, 11) is 0. The van der Waals surface area contributed by atoms with Crippen LogP contribution < -0.4 is 0 Å². The van der Waals surface area contributed by atoms with Gasteiger partial charge in [0.25, 0.3) is 0 Å². The van der Waals surface area contributed by atoms with E-state index in [1.807, 2.05) is 13.0 Å². The molecule has 2 atom stereocenters. The van der Waals surface area contributed by atoms with E-state index in [0.717, 1.165) is 12.5 Å². The molecule has 0 radical (unpaired) electrons. The molecule has 1 saturated heterocycles. The average Bonchev–Trinajstić information content (AvgIpc) is 2.79. The Morgan fingerprint density at radius 3 is 2.06 bits per heavy atom. The third-order valence-electron chi connectivity index (χ3n) is 5.69. The maximum absolute atomic E-state index is 14.9. The van der Waals surface area contributed by atoms with Gasteiger partial charge in [-0.05, 0) is 37.0 Å². The summed E-state index contributed by atoms with van der Waals surface area (Å²) in [5.41, 5.74) is 1.33. The summed E-state index contributed by atoms with van der Waals surface area (Å²) in [4.78, 5) is 0. The maximum Gasteiger partial charge on any atom is 0.167 e. The van der Waals surface area contributed by atoms with Gasteiger partial charge < -0.3 is 4.74 Å². The van der Waals surface area contributed by atoms with E-state index in [2.05, 4.69) is 6.08 Å². The Bertz CT molecular complexity index is 1100. The molecule has 1 fully saturated rings. The lowest BCUT2D eigenvalue weighted by Crippen LogP contribution is -2.20. The number of allylic oxidation sites excluding steroid dienone is 1. The van der Waals surface area contributed by atoms with E-state index < -0.39 is 29.4 Å². The van der Waals surface area contributed by atoms with Gasteiger partial charge in [0.05, 0.1) is 12.7 Å². The van der Waals surface area contributed by atoms with Crippen LogP contribution in [0.5, 0.6) is 0 Å². The van der Waals surface area contributed by atoms with Gasteiger partial charge in [0.2, 0.25) is 0 Å². The van der Waals surface area contributed by atoms with E-state index in [1.54, 1.807) is 30.3 Å². The predicted octanol–water partition coefficient (Wildman–Crippen LogP) is 7.62. The van der Waals surface area contributed by atoms with Gasteiger partial charge >= 0.3 is 0 Å². The van der Waals surface area contributed by atoms with E-state index >= 15 is 0 Å². The number of rotatable bonds is 4. The van der Waals surface area contributed by atoms with Gasteiger partial charge in [-0.1, -0.05) is 60.7 Å². The van der Waals surface area contributed by atoms with Gasteiger partial charge in [-0.3, -0.25) is 0 Å². The number of hydrogen-bond donors (Lipinski definition) is 0. The highest BCUT2D eigenvalue weighted by Crippen LogP contribution is 2.36. The third-order valence-corrected chi connectivity index (χ3v) is 5.69. The highest BCUT2D eigenvalue weighted by molar-refractivity contribution is 5.71. The normalized spacial score (nSPS) is 19.1. The Balaban J connectivity index is 1.58. The van der Waals surface area contributed by atoms with Crippen molar-refractivity contribution in [3.8, 4) is 22.3 Å². The average molecular weight is 426 g/mol. The molecule has 31 heavy (non-hydrogen) atoms. The molecule has 0 amide bonds. The van der Waals surface area contributed by atoms with Crippen molar-refractivity contribution in [2.24, 2.45) is 5.92 Å². The van der Waals surface area contributed by atoms with Crippen LogP contribution in [0, 0.1) is 29.2 Å². The van der Waals surface area contributed by atoms with Crippen LogP contribution in [0.3, 0.4) is 0 Å². The smallest absolute Gasteiger partial charge is 0.167 e. The predicted molar refractivity (Wildman–Crippen MR) is 113 cm³/mol. The Hall–Kier alpha value is -2.92. The molecule has 3 aromatic rings. The number of hydrogen-bond acceptors (Lipinski definition) is 1. The van der Waals surface area contributed by atoms with Gasteiger partial charge in [0.1, 0.15) is 0 Å². The molecule has 0 aromatic heterocycles. The molecule has 1 aliphatic rings. The second-order valence-electron chi connectivity index (χ2n) is 7.69. The first-order valence-corrected chi connectivity index (χ1v) is 10.3. The molecule has 3 aromatic carbocycles. The molecule has 2 unspecified atom stereocenters. The van der Waals surface area contributed by atoms with Crippen LogP contribution >= 0.6 is 0 Å². The van der Waals surface area contributed by atoms with Gasteiger partial charge in [-0.25, -0.2) is 17.6 Å². The monoisotopic (exact) mass is 426 g/mol. The molecule has 1 aliphatic heterocycles. The largest absolute Gasteiger partial charge is 0.373 e. The summed E-state index contributed by atoms with van der Waals surface area (Å²) in [5.74, 6) is -3.43. The molecule has 0 N–H and O–H groups in total. The standard InChI is InChI=1S/C26H22F4O/c1-2-4-16-7-14-23(31-15-16)21-13-12-20(25(29)26(21)30)18-10-8-17(9-11-18)19-5-3-6-22(27)24(19)28/h2-6,8-13,16,23H,7,14-15H2,1H3/b4-2+. The van der Waals surface area contributed by atoms with Crippen molar-refractivity contribution >= 4 is 0 Å². The quantitative estimate of drug-likeness (QED) is 0.308. The maximum atomic E-state index is 14.9. The Labute approximate surface area is 179 Å². The topological polar surface area (TPSA) is 9.23 Å². The Morgan fingerprint density at radius 2 is 1.45 bits per heavy atom. The van der Waals surface area contributed by atoms with Crippen LogP contribution in [0.25, 0.3) is 22.3 Å². The second-order valence-corrected chi connectivity index (χ2v) is 7.69. The Morgan fingerprint density at radius 1 is 0.774 bits per heavy atom. The molecular formula is C26H22F4O. The Kier molecular flexibility index (Phi) is 6.23. The number of benzene rings is 3. The lowest BCUT2D eigenvalue weighted by molar-refractivity contribution is -0.00743. The van der Waals surface area contributed by atoms with E-state index in [0.29, 0.717) is 30.1 Å². The zero-order valence-corrected chi connectivity index (χ0v) is 17.0. The molecular weight excluding hydrogens is 404 g/mol. The summed E-state index contributed by atoms with van der Waals surface area (Å²) < 4.78 is 63.0. The first kappa shape index (κ1) is 21.3. The molecule has 160 valence electrons. The minimum Gasteiger partial charge on any atom is -0.373 e. The van der Waals surface area contributed by atoms with Gasteiger partial charge in [-0.15, -0.1) is 0 Å². The van der Waals surface area contributed by atoms with Crippen molar-refractivity contribution in [3.63, 3.8) is 0 Å². The summed E-state index contributed by atoms with van der Waals surface area (Å²) in [6.07, 6.45) is 5.05. The summed E-state index contributed by atoms with van der Waals surface area (Å²) >= 11 is 0. The molecule has 0 bridgehead atoms. The lowest BCUT2D eigenvalue weighted by atomic mass is 9.92.